The van der Waals surface area contributed by atoms with Crippen molar-refractivity contribution in [3.8, 4) is 0 Å². The smallest absolute Gasteiger partial charge is 0.0948 e. The van der Waals surface area contributed by atoms with E-state index in [1.807, 2.05) is 48.5 Å². The van der Waals surface area contributed by atoms with Gasteiger partial charge in [-0.1, -0.05) is 74.5 Å². The molecule has 1 unspecified atom stereocenters. The van der Waals surface area contributed by atoms with Crippen LogP contribution in [0.5, 0.6) is 0 Å². The lowest BCUT2D eigenvalue weighted by atomic mass is 9.84. The second kappa shape index (κ2) is 9.71. The van der Waals surface area contributed by atoms with E-state index in [4.69, 9.17) is 0 Å². The number of rotatable bonds is 8. The average molecular weight is 334 g/mol. The Kier molecular flexibility index (Phi) is 8.32. The first kappa shape index (κ1) is 19.7. The topological polar surface area (TPSA) is 23.5 Å². The molecule has 0 aliphatic carbocycles. The van der Waals surface area contributed by atoms with Crippen molar-refractivity contribution in [1.82, 2.24) is 4.90 Å². The van der Waals surface area contributed by atoms with Crippen LogP contribution in [0.1, 0.15) is 31.4 Å². The first-order valence-electron chi connectivity index (χ1n) is 8.22. The van der Waals surface area contributed by atoms with Gasteiger partial charge in [0, 0.05) is 13.0 Å². The van der Waals surface area contributed by atoms with E-state index in [9.17, 15) is 5.11 Å². The van der Waals surface area contributed by atoms with Crippen molar-refractivity contribution in [2.45, 2.75) is 32.3 Å². The highest BCUT2D eigenvalue weighted by Crippen LogP contribution is 2.29. The van der Waals surface area contributed by atoms with Crippen LogP contribution in [0, 0.1) is 0 Å². The third-order valence-electron chi connectivity index (χ3n) is 4.39. The summed E-state index contributed by atoms with van der Waals surface area (Å²) in [5.74, 6) is 0. The molecule has 0 bridgehead atoms. The van der Waals surface area contributed by atoms with Crippen LogP contribution in [-0.2, 0) is 12.0 Å². The molecule has 0 fully saturated rings. The van der Waals surface area contributed by atoms with Gasteiger partial charge in [-0.3, -0.25) is 0 Å². The fourth-order valence-electron chi connectivity index (χ4n) is 2.90. The zero-order chi connectivity index (χ0) is 15.8. The van der Waals surface area contributed by atoms with E-state index in [0.29, 0.717) is 6.42 Å². The molecule has 0 aliphatic heterocycles. The lowest BCUT2D eigenvalue weighted by Gasteiger charge is -2.31. The van der Waals surface area contributed by atoms with Gasteiger partial charge in [-0.15, -0.1) is 12.4 Å². The Morgan fingerprint density at radius 1 is 0.870 bits per heavy atom. The lowest BCUT2D eigenvalue weighted by Crippen LogP contribution is -2.35. The van der Waals surface area contributed by atoms with Crippen molar-refractivity contribution in [1.29, 1.82) is 0 Å². The highest BCUT2D eigenvalue weighted by atomic mass is 35.5. The van der Waals surface area contributed by atoms with Gasteiger partial charge in [0.1, 0.15) is 0 Å². The molecule has 0 radical (unpaired) electrons. The predicted octanol–water partition coefficient (Wildman–Crippen LogP) is 4.27. The summed E-state index contributed by atoms with van der Waals surface area (Å²) in [6.45, 7) is 7.29. The largest absolute Gasteiger partial charge is 0.385 e. The number of hydrogen-bond donors (Lipinski definition) is 1. The van der Waals surface area contributed by atoms with Gasteiger partial charge < -0.3 is 10.0 Å². The summed E-state index contributed by atoms with van der Waals surface area (Å²) < 4.78 is 0. The molecule has 3 heteroatoms. The van der Waals surface area contributed by atoms with Gasteiger partial charge in [0.15, 0.2) is 0 Å². The van der Waals surface area contributed by atoms with E-state index in [1.54, 1.807) is 0 Å². The van der Waals surface area contributed by atoms with Gasteiger partial charge in [0.25, 0.3) is 0 Å². The summed E-state index contributed by atoms with van der Waals surface area (Å²) >= 11 is 0. The second-order valence-corrected chi connectivity index (χ2v) is 5.84. The summed E-state index contributed by atoms with van der Waals surface area (Å²) in [4.78, 5) is 2.36. The van der Waals surface area contributed by atoms with E-state index in [0.717, 1.165) is 31.6 Å². The predicted molar refractivity (Wildman–Crippen MR) is 100 cm³/mol. The standard InChI is InChI=1S/C20H27NO.ClH/c1-3-21(4-2)16-15-20(22,19-13-9-6-10-14-19)17-18-11-7-5-8-12-18;/h5-14,22H,3-4,15-17H2,1-2H3;1H. The van der Waals surface area contributed by atoms with Gasteiger partial charge >= 0.3 is 0 Å². The van der Waals surface area contributed by atoms with Crippen LogP contribution in [0.2, 0.25) is 0 Å². The molecular weight excluding hydrogens is 306 g/mol. The molecule has 0 amide bonds. The fourth-order valence-corrected chi connectivity index (χ4v) is 2.90. The normalized spacial score (nSPS) is 13.4. The molecule has 23 heavy (non-hydrogen) atoms. The van der Waals surface area contributed by atoms with Gasteiger partial charge in [0.05, 0.1) is 5.60 Å². The molecule has 0 saturated heterocycles. The molecule has 2 nitrogen and oxygen atoms in total. The van der Waals surface area contributed by atoms with E-state index in [-0.39, 0.29) is 12.4 Å². The highest BCUT2D eigenvalue weighted by Gasteiger charge is 2.29. The number of hydrogen-bond acceptors (Lipinski definition) is 2. The van der Waals surface area contributed by atoms with Crippen molar-refractivity contribution in [2.24, 2.45) is 0 Å². The Labute approximate surface area is 146 Å². The molecular formula is C20H28ClNO. The Morgan fingerprint density at radius 2 is 1.39 bits per heavy atom. The molecule has 0 aliphatic rings. The van der Waals surface area contributed by atoms with Crippen molar-refractivity contribution in [3.05, 3.63) is 71.8 Å². The Morgan fingerprint density at radius 3 is 1.91 bits per heavy atom. The first-order valence-corrected chi connectivity index (χ1v) is 8.22. The van der Waals surface area contributed by atoms with Crippen LogP contribution >= 0.6 is 12.4 Å². The number of nitrogens with zero attached hydrogens (tertiary/aromatic N) is 1. The minimum Gasteiger partial charge on any atom is -0.385 e. The van der Waals surface area contributed by atoms with Crippen molar-refractivity contribution in [2.75, 3.05) is 19.6 Å². The Hall–Kier alpha value is -1.35. The highest BCUT2D eigenvalue weighted by molar-refractivity contribution is 5.85. The summed E-state index contributed by atoms with van der Waals surface area (Å²) in [5.41, 5.74) is 1.37. The van der Waals surface area contributed by atoms with Crippen LogP contribution in [0.4, 0.5) is 0 Å². The summed E-state index contributed by atoms with van der Waals surface area (Å²) in [7, 11) is 0. The van der Waals surface area contributed by atoms with Gasteiger partial charge in [-0.05, 0) is 30.6 Å². The van der Waals surface area contributed by atoms with Crippen LogP contribution in [0.3, 0.4) is 0 Å². The number of benzene rings is 2. The van der Waals surface area contributed by atoms with Crippen LogP contribution in [0.15, 0.2) is 60.7 Å². The van der Waals surface area contributed by atoms with Crippen molar-refractivity contribution < 1.29 is 5.11 Å². The van der Waals surface area contributed by atoms with Crippen LogP contribution in [-0.4, -0.2) is 29.6 Å². The fraction of sp³-hybridized carbons (Fsp3) is 0.400. The summed E-state index contributed by atoms with van der Waals surface area (Å²) in [6, 6.07) is 20.3. The maximum atomic E-state index is 11.3. The minimum absolute atomic E-state index is 0. The van der Waals surface area contributed by atoms with Crippen LogP contribution < -0.4 is 0 Å². The minimum atomic E-state index is -0.814. The molecule has 1 atom stereocenters. The lowest BCUT2D eigenvalue weighted by molar-refractivity contribution is 0.0181. The zero-order valence-corrected chi connectivity index (χ0v) is 14.9. The molecule has 2 aromatic carbocycles. The average Bonchev–Trinajstić information content (AvgIpc) is 2.57. The third kappa shape index (κ3) is 5.65. The van der Waals surface area contributed by atoms with Gasteiger partial charge in [-0.25, -0.2) is 0 Å². The molecule has 1 N–H and O–H groups in total. The van der Waals surface area contributed by atoms with E-state index in [2.05, 4.69) is 30.9 Å². The molecule has 126 valence electrons. The molecule has 0 heterocycles. The third-order valence-corrected chi connectivity index (χ3v) is 4.39. The van der Waals surface area contributed by atoms with Crippen LogP contribution in [0.25, 0.3) is 0 Å². The van der Waals surface area contributed by atoms with Gasteiger partial charge in [0.2, 0.25) is 0 Å². The molecule has 2 rings (SSSR count). The molecule has 0 spiro atoms. The summed E-state index contributed by atoms with van der Waals surface area (Å²) in [5, 5.41) is 11.3. The van der Waals surface area contributed by atoms with E-state index >= 15 is 0 Å². The molecule has 0 saturated carbocycles. The van der Waals surface area contributed by atoms with Crippen molar-refractivity contribution >= 4 is 12.4 Å². The Bertz CT molecular complexity index is 542. The quantitative estimate of drug-likeness (QED) is 0.779. The maximum absolute atomic E-state index is 11.3. The van der Waals surface area contributed by atoms with Crippen molar-refractivity contribution in [3.63, 3.8) is 0 Å². The second-order valence-electron chi connectivity index (χ2n) is 5.84. The zero-order valence-electron chi connectivity index (χ0n) is 14.1. The van der Waals surface area contributed by atoms with Gasteiger partial charge in [-0.2, -0.15) is 0 Å². The number of halogens is 1. The Balaban J connectivity index is 0.00000264. The summed E-state index contributed by atoms with van der Waals surface area (Å²) in [6.07, 6.45) is 1.40. The molecule has 2 aromatic rings. The molecule has 0 aromatic heterocycles. The van der Waals surface area contributed by atoms with E-state index in [1.165, 1.54) is 5.56 Å². The number of aliphatic hydroxyl groups is 1. The monoisotopic (exact) mass is 333 g/mol. The maximum Gasteiger partial charge on any atom is 0.0948 e. The van der Waals surface area contributed by atoms with E-state index < -0.39 is 5.60 Å². The SMILES string of the molecule is CCN(CC)CCC(O)(Cc1ccccc1)c1ccccc1.Cl. The first-order chi connectivity index (χ1) is 10.7.